The van der Waals surface area contributed by atoms with Crippen molar-refractivity contribution < 1.29 is 9.47 Å². The number of fused-ring (bicyclic) bond motifs is 1. The first kappa shape index (κ1) is 17.9. The van der Waals surface area contributed by atoms with Crippen LogP contribution in [0.5, 0.6) is 11.5 Å². The summed E-state index contributed by atoms with van der Waals surface area (Å²) in [5.74, 6) is 2.59. The third kappa shape index (κ3) is 4.23. The molecule has 0 spiro atoms. The number of nitrogens with zero attached hydrogens (tertiary/aromatic N) is 1. The summed E-state index contributed by atoms with van der Waals surface area (Å²) in [5.41, 5.74) is 3.17. The highest BCUT2D eigenvalue weighted by molar-refractivity contribution is 5.81. The Balaban J connectivity index is 1.44. The number of rotatable bonds is 7. The molecule has 4 heteroatoms. The average Bonchev–Trinajstić information content (AvgIpc) is 2.77. The van der Waals surface area contributed by atoms with Crippen molar-refractivity contribution in [2.45, 2.75) is 13.2 Å². The third-order valence-electron chi connectivity index (χ3n) is 4.55. The average molecular weight is 370 g/mol. The fourth-order valence-corrected chi connectivity index (χ4v) is 3.08. The standard InChI is InChI=1S/C24H22N2O2/c1-27-23-10-6-5-7-20(23)16-25-24-14-12-19-15-18(11-13-22(19)26-24)17-28-21-8-3-2-4-9-21/h2-15H,16-17H2,1H3,(H,25,26). The Bertz CT molecular complexity index is 1060. The Kier molecular flexibility index (Phi) is 5.38. The van der Waals surface area contributed by atoms with Gasteiger partial charge in [-0.1, -0.05) is 42.5 Å². The van der Waals surface area contributed by atoms with E-state index in [9.17, 15) is 0 Å². The molecule has 1 heterocycles. The summed E-state index contributed by atoms with van der Waals surface area (Å²) in [6.45, 7) is 1.19. The number of anilines is 1. The smallest absolute Gasteiger partial charge is 0.126 e. The molecule has 0 aliphatic heterocycles. The highest BCUT2D eigenvalue weighted by Crippen LogP contribution is 2.21. The maximum atomic E-state index is 5.83. The van der Waals surface area contributed by atoms with Gasteiger partial charge < -0.3 is 14.8 Å². The maximum absolute atomic E-state index is 5.83. The number of methoxy groups -OCH3 is 1. The molecule has 0 bridgehead atoms. The van der Waals surface area contributed by atoms with Gasteiger partial charge in [0, 0.05) is 17.5 Å². The summed E-state index contributed by atoms with van der Waals surface area (Å²) in [5, 5.41) is 4.47. The minimum absolute atomic E-state index is 0.535. The topological polar surface area (TPSA) is 43.4 Å². The molecule has 0 fully saturated rings. The van der Waals surface area contributed by atoms with Crippen LogP contribution in [-0.4, -0.2) is 12.1 Å². The van der Waals surface area contributed by atoms with E-state index in [4.69, 9.17) is 14.5 Å². The summed E-state index contributed by atoms with van der Waals surface area (Å²) < 4.78 is 11.2. The molecule has 0 amide bonds. The van der Waals surface area contributed by atoms with E-state index in [1.165, 1.54) is 0 Å². The number of para-hydroxylation sites is 2. The van der Waals surface area contributed by atoms with Crippen molar-refractivity contribution in [1.82, 2.24) is 4.98 Å². The molecule has 3 aromatic carbocycles. The lowest BCUT2D eigenvalue weighted by molar-refractivity contribution is 0.306. The van der Waals surface area contributed by atoms with Gasteiger partial charge in [0.05, 0.1) is 12.6 Å². The molecule has 0 aliphatic carbocycles. The second-order valence-electron chi connectivity index (χ2n) is 6.49. The van der Waals surface area contributed by atoms with Crippen molar-refractivity contribution in [2.24, 2.45) is 0 Å². The van der Waals surface area contributed by atoms with Gasteiger partial charge in [-0.25, -0.2) is 4.98 Å². The number of ether oxygens (including phenoxy) is 2. The summed E-state index contributed by atoms with van der Waals surface area (Å²) >= 11 is 0. The summed E-state index contributed by atoms with van der Waals surface area (Å²) in [6.07, 6.45) is 0. The van der Waals surface area contributed by atoms with E-state index >= 15 is 0 Å². The zero-order valence-corrected chi connectivity index (χ0v) is 15.8. The molecule has 0 saturated heterocycles. The Labute approximate surface area is 164 Å². The molecule has 4 nitrogen and oxygen atoms in total. The van der Waals surface area contributed by atoms with E-state index in [1.54, 1.807) is 7.11 Å². The van der Waals surface area contributed by atoms with Gasteiger partial charge in [0.15, 0.2) is 0 Å². The van der Waals surface area contributed by atoms with E-state index in [2.05, 4.69) is 23.5 Å². The van der Waals surface area contributed by atoms with Gasteiger partial charge in [0.25, 0.3) is 0 Å². The molecule has 1 aromatic heterocycles. The summed E-state index contributed by atoms with van der Waals surface area (Å²) in [6, 6.07) is 28.1. The monoisotopic (exact) mass is 370 g/mol. The van der Waals surface area contributed by atoms with Crippen LogP contribution in [0.2, 0.25) is 0 Å². The number of nitrogens with one attached hydrogen (secondary N) is 1. The van der Waals surface area contributed by atoms with E-state index < -0.39 is 0 Å². The van der Waals surface area contributed by atoms with Crippen LogP contribution in [-0.2, 0) is 13.2 Å². The van der Waals surface area contributed by atoms with Crippen molar-refractivity contribution >= 4 is 16.7 Å². The van der Waals surface area contributed by atoms with Crippen LogP contribution in [0.25, 0.3) is 10.9 Å². The molecule has 0 saturated carbocycles. The predicted octanol–water partition coefficient (Wildman–Crippen LogP) is 5.43. The highest BCUT2D eigenvalue weighted by atomic mass is 16.5. The predicted molar refractivity (Wildman–Crippen MR) is 113 cm³/mol. The van der Waals surface area contributed by atoms with Gasteiger partial charge in [-0.15, -0.1) is 0 Å². The first-order valence-electron chi connectivity index (χ1n) is 9.25. The lowest BCUT2D eigenvalue weighted by Gasteiger charge is -2.11. The Morgan fingerprint density at radius 3 is 2.54 bits per heavy atom. The van der Waals surface area contributed by atoms with Gasteiger partial charge in [0.2, 0.25) is 0 Å². The van der Waals surface area contributed by atoms with Crippen molar-refractivity contribution in [3.8, 4) is 11.5 Å². The van der Waals surface area contributed by atoms with Crippen LogP contribution in [0.1, 0.15) is 11.1 Å². The van der Waals surface area contributed by atoms with Crippen LogP contribution in [0.3, 0.4) is 0 Å². The molecule has 0 unspecified atom stereocenters. The summed E-state index contributed by atoms with van der Waals surface area (Å²) in [7, 11) is 1.69. The molecule has 4 aromatic rings. The maximum Gasteiger partial charge on any atom is 0.126 e. The van der Waals surface area contributed by atoms with Crippen LogP contribution in [0.4, 0.5) is 5.82 Å². The van der Waals surface area contributed by atoms with Crippen molar-refractivity contribution in [3.63, 3.8) is 0 Å². The van der Waals surface area contributed by atoms with E-state index in [1.807, 2.05) is 66.7 Å². The Morgan fingerprint density at radius 2 is 1.68 bits per heavy atom. The largest absolute Gasteiger partial charge is 0.496 e. The van der Waals surface area contributed by atoms with Gasteiger partial charge >= 0.3 is 0 Å². The molecular weight excluding hydrogens is 348 g/mol. The third-order valence-corrected chi connectivity index (χ3v) is 4.55. The SMILES string of the molecule is COc1ccccc1CNc1ccc2cc(COc3ccccc3)ccc2n1. The van der Waals surface area contributed by atoms with Crippen LogP contribution < -0.4 is 14.8 Å². The second-order valence-corrected chi connectivity index (χ2v) is 6.49. The van der Waals surface area contributed by atoms with Crippen LogP contribution in [0.15, 0.2) is 84.9 Å². The van der Waals surface area contributed by atoms with Crippen molar-refractivity contribution in [3.05, 3.63) is 96.1 Å². The number of benzene rings is 3. The lowest BCUT2D eigenvalue weighted by atomic mass is 10.1. The van der Waals surface area contributed by atoms with Gasteiger partial charge in [0.1, 0.15) is 23.9 Å². The lowest BCUT2D eigenvalue weighted by Crippen LogP contribution is -2.03. The first-order valence-corrected chi connectivity index (χ1v) is 9.25. The fraction of sp³-hybridized carbons (Fsp3) is 0.125. The van der Waals surface area contributed by atoms with Crippen molar-refractivity contribution in [1.29, 1.82) is 0 Å². The van der Waals surface area contributed by atoms with Gasteiger partial charge in [-0.05, 0) is 48.0 Å². The molecule has 140 valence electrons. The minimum Gasteiger partial charge on any atom is -0.496 e. The number of aromatic nitrogens is 1. The van der Waals surface area contributed by atoms with Gasteiger partial charge in [-0.2, -0.15) is 0 Å². The quantitative estimate of drug-likeness (QED) is 0.471. The molecule has 0 atom stereocenters. The van der Waals surface area contributed by atoms with Crippen molar-refractivity contribution in [2.75, 3.05) is 12.4 Å². The zero-order valence-electron chi connectivity index (χ0n) is 15.8. The van der Waals surface area contributed by atoms with E-state index in [0.29, 0.717) is 13.2 Å². The second kappa shape index (κ2) is 8.44. The van der Waals surface area contributed by atoms with Crippen LogP contribution >= 0.6 is 0 Å². The number of pyridine rings is 1. The van der Waals surface area contributed by atoms with Crippen LogP contribution in [0, 0.1) is 0 Å². The first-order chi connectivity index (χ1) is 13.8. The minimum atomic E-state index is 0.535. The van der Waals surface area contributed by atoms with E-state index in [0.717, 1.165) is 39.3 Å². The zero-order chi connectivity index (χ0) is 19.2. The molecule has 28 heavy (non-hydrogen) atoms. The normalized spacial score (nSPS) is 10.6. The number of hydrogen-bond acceptors (Lipinski definition) is 4. The van der Waals surface area contributed by atoms with E-state index in [-0.39, 0.29) is 0 Å². The Hall–Kier alpha value is -3.53. The summed E-state index contributed by atoms with van der Waals surface area (Å²) in [4.78, 5) is 4.71. The number of hydrogen-bond donors (Lipinski definition) is 1. The molecular formula is C24H22N2O2. The molecule has 4 rings (SSSR count). The highest BCUT2D eigenvalue weighted by Gasteiger charge is 2.04. The molecule has 1 N–H and O–H groups in total. The fourth-order valence-electron chi connectivity index (χ4n) is 3.08. The molecule has 0 aliphatic rings. The Morgan fingerprint density at radius 1 is 0.857 bits per heavy atom. The molecule has 0 radical (unpaired) electrons. The van der Waals surface area contributed by atoms with Gasteiger partial charge in [-0.3, -0.25) is 0 Å².